The zero-order chi connectivity index (χ0) is 24.0. The molecule has 1 aromatic carbocycles. The maximum absolute atomic E-state index is 12.8. The van der Waals surface area contributed by atoms with Crippen molar-refractivity contribution >= 4 is 39.9 Å². The van der Waals surface area contributed by atoms with Crippen LogP contribution in [0.15, 0.2) is 24.3 Å². The zero-order valence-corrected chi connectivity index (χ0v) is 19.9. The normalized spacial score (nSPS) is 14.1. The lowest BCUT2D eigenvalue weighted by Crippen LogP contribution is -2.48. The van der Waals surface area contributed by atoms with Gasteiger partial charge in [0.2, 0.25) is 5.91 Å². The predicted molar refractivity (Wildman–Crippen MR) is 126 cm³/mol. The molecule has 178 valence electrons. The van der Waals surface area contributed by atoms with Gasteiger partial charge in [-0.3, -0.25) is 9.69 Å². The number of nitrogens with zero attached hydrogens (tertiary/aromatic N) is 2. The van der Waals surface area contributed by atoms with Crippen LogP contribution in [-0.2, 0) is 14.3 Å². The molecule has 33 heavy (non-hydrogen) atoms. The fourth-order valence-electron chi connectivity index (χ4n) is 3.69. The summed E-state index contributed by atoms with van der Waals surface area (Å²) in [6.07, 6.45) is 0. The number of thiophene rings is 1. The molecule has 1 amide bonds. The van der Waals surface area contributed by atoms with E-state index in [1.165, 1.54) is 0 Å². The second-order valence-corrected chi connectivity index (χ2v) is 8.52. The average molecular weight is 476 g/mol. The summed E-state index contributed by atoms with van der Waals surface area (Å²) in [4.78, 5) is 41.9. The summed E-state index contributed by atoms with van der Waals surface area (Å²) in [5, 5.41) is 13.1. The third-order valence-electron chi connectivity index (χ3n) is 5.30. The molecule has 0 unspecified atom stereocenters. The van der Waals surface area contributed by atoms with Gasteiger partial charge in [-0.2, -0.15) is 0 Å². The fraction of sp³-hybridized carbons (Fsp3) is 0.435. The van der Waals surface area contributed by atoms with Crippen molar-refractivity contribution in [1.82, 2.24) is 4.90 Å². The number of nitrogens with one attached hydrogen (secondary N) is 1. The number of carbonyl (C=O) groups is 3. The van der Waals surface area contributed by atoms with Crippen molar-refractivity contribution in [2.75, 3.05) is 56.2 Å². The van der Waals surface area contributed by atoms with Crippen LogP contribution in [0.25, 0.3) is 0 Å². The number of anilines is 2. The van der Waals surface area contributed by atoms with Crippen molar-refractivity contribution in [2.45, 2.75) is 20.8 Å². The van der Waals surface area contributed by atoms with E-state index in [-0.39, 0.29) is 46.9 Å². The molecule has 10 heteroatoms. The third-order valence-corrected chi connectivity index (χ3v) is 6.49. The number of rotatable bonds is 8. The quantitative estimate of drug-likeness (QED) is 0.561. The first-order valence-electron chi connectivity index (χ1n) is 10.9. The predicted octanol–water partition coefficient (Wildman–Crippen LogP) is 2.88. The second kappa shape index (κ2) is 11.2. The van der Waals surface area contributed by atoms with Crippen LogP contribution in [0.2, 0.25) is 0 Å². The van der Waals surface area contributed by atoms with Crippen molar-refractivity contribution in [3.63, 3.8) is 0 Å². The van der Waals surface area contributed by atoms with Gasteiger partial charge in [0.25, 0.3) is 0 Å². The number of hydrogen-bond donors (Lipinski definition) is 2. The van der Waals surface area contributed by atoms with Crippen molar-refractivity contribution in [1.29, 1.82) is 0 Å². The Labute approximate surface area is 196 Å². The number of para-hydroxylation sites is 2. The van der Waals surface area contributed by atoms with Crippen LogP contribution in [-0.4, -0.2) is 73.8 Å². The minimum absolute atomic E-state index is 0.141. The average Bonchev–Trinajstić information content (AvgIpc) is 3.10. The molecule has 2 heterocycles. The molecule has 0 aliphatic carbocycles. The van der Waals surface area contributed by atoms with Crippen molar-refractivity contribution in [2.24, 2.45) is 0 Å². The SMILES string of the molecule is CCOC(=O)c1sc(NC(=O)CN2CCN(c3ccccc3O)CC2)c(C(=O)OCC)c1C. The Morgan fingerprint density at radius 2 is 1.67 bits per heavy atom. The molecular formula is C23H29N3O6S. The van der Waals surface area contributed by atoms with Gasteiger partial charge in [-0.1, -0.05) is 12.1 Å². The van der Waals surface area contributed by atoms with Crippen LogP contribution >= 0.6 is 11.3 Å². The number of amides is 1. The largest absolute Gasteiger partial charge is 0.506 e. The number of phenols is 1. The van der Waals surface area contributed by atoms with Gasteiger partial charge < -0.3 is 24.8 Å². The number of benzene rings is 1. The second-order valence-electron chi connectivity index (χ2n) is 7.50. The molecular weight excluding hydrogens is 446 g/mol. The molecule has 0 radical (unpaired) electrons. The lowest BCUT2D eigenvalue weighted by molar-refractivity contribution is -0.117. The van der Waals surface area contributed by atoms with Crippen molar-refractivity contribution in [3.8, 4) is 5.75 Å². The summed E-state index contributed by atoms with van der Waals surface area (Å²) < 4.78 is 10.2. The fourth-order valence-corrected chi connectivity index (χ4v) is 4.79. The van der Waals surface area contributed by atoms with Gasteiger partial charge in [0.15, 0.2) is 0 Å². The van der Waals surface area contributed by atoms with E-state index >= 15 is 0 Å². The number of piperazine rings is 1. The smallest absolute Gasteiger partial charge is 0.348 e. The van der Waals surface area contributed by atoms with Gasteiger partial charge in [0.1, 0.15) is 15.6 Å². The molecule has 2 N–H and O–H groups in total. The summed E-state index contributed by atoms with van der Waals surface area (Å²) >= 11 is 1.02. The van der Waals surface area contributed by atoms with E-state index in [0.29, 0.717) is 31.7 Å². The van der Waals surface area contributed by atoms with Crippen LogP contribution < -0.4 is 10.2 Å². The van der Waals surface area contributed by atoms with Gasteiger partial charge in [-0.05, 0) is 38.5 Å². The Morgan fingerprint density at radius 1 is 1.03 bits per heavy atom. The monoisotopic (exact) mass is 475 g/mol. The molecule has 1 fully saturated rings. The van der Waals surface area contributed by atoms with E-state index in [1.807, 2.05) is 17.0 Å². The minimum atomic E-state index is -0.589. The summed E-state index contributed by atoms with van der Waals surface area (Å²) in [5.74, 6) is -1.17. The molecule has 2 aromatic rings. The number of aromatic hydroxyl groups is 1. The van der Waals surface area contributed by atoms with E-state index in [1.54, 1.807) is 32.9 Å². The number of ether oxygens (including phenoxy) is 2. The van der Waals surface area contributed by atoms with E-state index in [0.717, 1.165) is 17.0 Å². The number of carbonyl (C=O) groups excluding carboxylic acids is 3. The summed E-state index contributed by atoms with van der Waals surface area (Å²) in [5.41, 5.74) is 1.40. The molecule has 0 saturated carbocycles. The van der Waals surface area contributed by atoms with Crippen LogP contribution in [0, 0.1) is 6.92 Å². The molecule has 9 nitrogen and oxygen atoms in total. The minimum Gasteiger partial charge on any atom is -0.506 e. The molecule has 1 aliphatic rings. The molecule has 1 aromatic heterocycles. The van der Waals surface area contributed by atoms with Crippen molar-refractivity contribution in [3.05, 3.63) is 40.3 Å². The van der Waals surface area contributed by atoms with Gasteiger partial charge in [0.05, 0.1) is 31.0 Å². The lowest BCUT2D eigenvalue weighted by atomic mass is 10.1. The van der Waals surface area contributed by atoms with E-state index in [2.05, 4.69) is 10.2 Å². The molecule has 0 spiro atoms. The van der Waals surface area contributed by atoms with E-state index in [4.69, 9.17) is 9.47 Å². The van der Waals surface area contributed by atoms with E-state index < -0.39 is 11.9 Å². The highest BCUT2D eigenvalue weighted by molar-refractivity contribution is 7.18. The van der Waals surface area contributed by atoms with Crippen LogP contribution in [0.1, 0.15) is 39.4 Å². The third kappa shape index (κ3) is 5.82. The molecule has 0 bridgehead atoms. The summed E-state index contributed by atoms with van der Waals surface area (Å²) in [6, 6.07) is 7.19. The molecule has 0 atom stereocenters. The first-order chi connectivity index (χ1) is 15.8. The molecule has 1 saturated heterocycles. The highest BCUT2D eigenvalue weighted by Crippen LogP contribution is 2.34. The van der Waals surface area contributed by atoms with Crippen LogP contribution in [0.4, 0.5) is 10.7 Å². The molecule has 1 aliphatic heterocycles. The maximum atomic E-state index is 12.8. The Balaban J connectivity index is 1.66. The van der Waals surface area contributed by atoms with Crippen LogP contribution in [0.5, 0.6) is 5.75 Å². The highest BCUT2D eigenvalue weighted by Gasteiger charge is 2.28. The maximum Gasteiger partial charge on any atom is 0.348 e. The summed E-state index contributed by atoms with van der Waals surface area (Å²) in [6.45, 7) is 8.19. The first-order valence-corrected chi connectivity index (χ1v) is 11.7. The Morgan fingerprint density at radius 3 is 2.30 bits per heavy atom. The van der Waals surface area contributed by atoms with Crippen LogP contribution in [0.3, 0.4) is 0 Å². The first kappa shape index (κ1) is 24.5. The molecule has 3 rings (SSSR count). The van der Waals surface area contributed by atoms with E-state index in [9.17, 15) is 19.5 Å². The Hall–Kier alpha value is -3.11. The standard InChI is InChI=1S/C23H29N3O6S/c1-4-31-22(29)19-15(3)20(23(30)32-5-2)33-21(19)24-18(28)14-25-10-12-26(13-11-25)16-8-6-7-9-17(16)27/h6-9,27H,4-5,10-14H2,1-3H3,(H,24,28). The number of phenolic OH excluding ortho intramolecular Hbond substituents is 1. The van der Waals surface area contributed by atoms with Gasteiger partial charge >= 0.3 is 11.9 Å². The van der Waals surface area contributed by atoms with Gasteiger partial charge in [-0.15, -0.1) is 11.3 Å². The summed E-state index contributed by atoms with van der Waals surface area (Å²) in [7, 11) is 0. The van der Waals surface area contributed by atoms with Gasteiger partial charge in [0, 0.05) is 26.2 Å². The Kier molecular flexibility index (Phi) is 8.29. The van der Waals surface area contributed by atoms with Gasteiger partial charge in [-0.25, -0.2) is 9.59 Å². The number of esters is 2. The Bertz CT molecular complexity index is 1010. The lowest BCUT2D eigenvalue weighted by Gasteiger charge is -2.35. The zero-order valence-electron chi connectivity index (χ0n) is 19.1. The number of hydrogen-bond acceptors (Lipinski definition) is 9. The van der Waals surface area contributed by atoms with Crippen molar-refractivity contribution < 1.29 is 29.0 Å². The topological polar surface area (TPSA) is 108 Å². The highest BCUT2D eigenvalue weighted by atomic mass is 32.1.